The number of nitro groups is 1. The number of fused-ring (bicyclic) bond motifs is 1. The maximum atomic E-state index is 10.9. The van der Waals surface area contributed by atoms with E-state index in [1.807, 2.05) is 4.90 Å². The predicted molar refractivity (Wildman–Crippen MR) is 63.3 cm³/mol. The van der Waals surface area contributed by atoms with Gasteiger partial charge in [-0.2, -0.15) is 0 Å². The summed E-state index contributed by atoms with van der Waals surface area (Å²) in [5.41, 5.74) is 7.13. The Balaban J connectivity index is 2.12. The lowest BCUT2D eigenvalue weighted by atomic mass is 10.2. The summed E-state index contributed by atoms with van der Waals surface area (Å²) in [6, 6.07) is 3.21. The summed E-state index contributed by atoms with van der Waals surface area (Å²) in [5.74, 6) is 0. The maximum Gasteiger partial charge on any atom is 0.300 e. The van der Waals surface area contributed by atoms with Crippen LogP contribution in [0.3, 0.4) is 0 Å². The molecule has 0 saturated carbocycles. The Bertz CT molecular complexity index is 611. The van der Waals surface area contributed by atoms with Crippen LogP contribution >= 0.6 is 0 Å². The zero-order valence-electron chi connectivity index (χ0n) is 9.44. The number of nitrogens with zero attached hydrogens (tertiary/aromatic N) is 4. The van der Waals surface area contributed by atoms with Crippen molar-refractivity contribution in [1.29, 1.82) is 0 Å². The van der Waals surface area contributed by atoms with E-state index in [9.17, 15) is 10.1 Å². The minimum absolute atomic E-state index is 0.0986. The fourth-order valence-electron chi connectivity index (χ4n) is 2.25. The van der Waals surface area contributed by atoms with Gasteiger partial charge in [0.2, 0.25) is 5.52 Å². The van der Waals surface area contributed by atoms with Crippen molar-refractivity contribution < 1.29 is 9.55 Å². The van der Waals surface area contributed by atoms with Crippen LogP contribution in [0.1, 0.15) is 6.42 Å². The highest BCUT2D eigenvalue weighted by atomic mass is 16.6. The van der Waals surface area contributed by atoms with Crippen molar-refractivity contribution in [2.24, 2.45) is 5.73 Å². The van der Waals surface area contributed by atoms with Gasteiger partial charge in [-0.15, -0.1) is 0 Å². The van der Waals surface area contributed by atoms with Gasteiger partial charge in [-0.1, -0.05) is 0 Å². The van der Waals surface area contributed by atoms with Crippen molar-refractivity contribution in [3.63, 3.8) is 0 Å². The summed E-state index contributed by atoms with van der Waals surface area (Å²) in [7, 11) is 0. The molecule has 1 aromatic heterocycles. The molecule has 94 valence electrons. The van der Waals surface area contributed by atoms with Crippen LogP contribution in [0, 0.1) is 10.1 Å². The lowest BCUT2D eigenvalue weighted by Gasteiger charge is -2.17. The largest absolute Gasteiger partial charge is 0.368 e. The first-order chi connectivity index (χ1) is 8.66. The topological polar surface area (TPSA) is 111 Å². The second-order valence-electron chi connectivity index (χ2n) is 4.32. The Labute approximate surface area is 101 Å². The first kappa shape index (κ1) is 10.9. The molecule has 18 heavy (non-hydrogen) atoms. The highest BCUT2D eigenvalue weighted by molar-refractivity contribution is 5.93. The van der Waals surface area contributed by atoms with E-state index in [2.05, 4.69) is 14.9 Å². The fraction of sp³-hybridized carbons (Fsp3) is 0.400. The zero-order valence-corrected chi connectivity index (χ0v) is 9.44. The van der Waals surface area contributed by atoms with Crippen molar-refractivity contribution in [3.8, 4) is 0 Å². The molecule has 1 aliphatic heterocycles. The van der Waals surface area contributed by atoms with Gasteiger partial charge in [0.1, 0.15) is 0 Å². The molecule has 2 aromatic rings. The molecule has 1 saturated heterocycles. The lowest BCUT2D eigenvalue weighted by molar-refractivity contribution is -0.383. The van der Waals surface area contributed by atoms with Crippen LogP contribution in [-0.2, 0) is 0 Å². The van der Waals surface area contributed by atoms with E-state index in [0.29, 0.717) is 12.1 Å². The van der Waals surface area contributed by atoms with Gasteiger partial charge in [-0.3, -0.25) is 10.1 Å². The van der Waals surface area contributed by atoms with E-state index in [1.54, 1.807) is 6.07 Å². The Hall–Kier alpha value is -2.22. The number of aromatic nitrogens is 2. The summed E-state index contributed by atoms with van der Waals surface area (Å²) < 4.78 is 4.62. The normalized spacial score (nSPS) is 19.6. The molecular formula is C10H11N5O3. The minimum Gasteiger partial charge on any atom is -0.368 e. The van der Waals surface area contributed by atoms with Crippen molar-refractivity contribution in [3.05, 3.63) is 22.2 Å². The molecule has 8 heteroatoms. The number of benzene rings is 1. The van der Waals surface area contributed by atoms with Gasteiger partial charge in [-0.25, -0.2) is 4.63 Å². The monoisotopic (exact) mass is 249 g/mol. The fourth-order valence-corrected chi connectivity index (χ4v) is 2.25. The average molecular weight is 249 g/mol. The van der Waals surface area contributed by atoms with Gasteiger partial charge in [0.25, 0.3) is 0 Å². The third-order valence-corrected chi connectivity index (χ3v) is 3.13. The van der Waals surface area contributed by atoms with Crippen molar-refractivity contribution >= 4 is 22.4 Å². The van der Waals surface area contributed by atoms with Gasteiger partial charge < -0.3 is 10.6 Å². The van der Waals surface area contributed by atoms with Crippen molar-refractivity contribution in [2.75, 3.05) is 18.0 Å². The van der Waals surface area contributed by atoms with Gasteiger partial charge >= 0.3 is 5.69 Å². The number of nitrogens with two attached hydrogens (primary N) is 1. The van der Waals surface area contributed by atoms with Crippen LogP contribution < -0.4 is 10.6 Å². The molecule has 1 fully saturated rings. The molecule has 3 rings (SSSR count). The Morgan fingerprint density at radius 2 is 2.22 bits per heavy atom. The molecule has 0 bridgehead atoms. The van der Waals surface area contributed by atoms with Crippen LogP contribution in [-0.4, -0.2) is 34.4 Å². The summed E-state index contributed by atoms with van der Waals surface area (Å²) >= 11 is 0. The number of hydrogen-bond donors (Lipinski definition) is 1. The highest BCUT2D eigenvalue weighted by Gasteiger charge is 2.26. The van der Waals surface area contributed by atoms with E-state index < -0.39 is 4.92 Å². The number of rotatable bonds is 2. The van der Waals surface area contributed by atoms with Crippen LogP contribution in [0.25, 0.3) is 11.0 Å². The molecule has 0 amide bonds. The minimum atomic E-state index is -0.494. The molecule has 0 radical (unpaired) electrons. The first-order valence-electron chi connectivity index (χ1n) is 5.57. The van der Waals surface area contributed by atoms with Gasteiger partial charge in [0, 0.05) is 25.2 Å². The Morgan fingerprint density at radius 1 is 1.44 bits per heavy atom. The molecule has 2 N–H and O–H groups in total. The zero-order chi connectivity index (χ0) is 12.7. The molecule has 0 spiro atoms. The third kappa shape index (κ3) is 1.58. The summed E-state index contributed by atoms with van der Waals surface area (Å²) in [6.45, 7) is 1.51. The average Bonchev–Trinajstić information content (AvgIpc) is 2.95. The molecule has 1 aromatic carbocycles. The van der Waals surface area contributed by atoms with Crippen LogP contribution in [0.2, 0.25) is 0 Å². The predicted octanol–water partition coefficient (Wildman–Crippen LogP) is 0.668. The summed E-state index contributed by atoms with van der Waals surface area (Å²) in [6.07, 6.45) is 0.893. The molecular weight excluding hydrogens is 238 g/mol. The van der Waals surface area contributed by atoms with E-state index >= 15 is 0 Å². The highest BCUT2D eigenvalue weighted by Crippen LogP contribution is 2.32. The second kappa shape index (κ2) is 3.91. The molecule has 2 heterocycles. The molecule has 1 unspecified atom stereocenters. The summed E-state index contributed by atoms with van der Waals surface area (Å²) in [4.78, 5) is 12.4. The molecule has 1 atom stereocenters. The molecule has 8 nitrogen and oxygen atoms in total. The number of anilines is 1. The van der Waals surface area contributed by atoms with Gasteiger partial charge in [-0.05, 0) is 22.8 Å². The summed E-state index contributed by atoms with van der Waals surface area (Å²) in [5, 5.41) is 18.2. The lowest BCUT2D eigenvalue weighted by Crippen LogP contribution is -2.26. The quantitative estimate of drug-likeness (QED) is 0.614. The number of hydrogen-bond acceptors (Lipinski definition) is 7. The van der Waals surface area contributed by atoms with Gasteiger partial charge in [0.15, 0.2) is 5.52 Å². The van der Waals surface area contributed by atoms with Crippen LogP contribution in [0.4, 0.5) is 11.4 Å². The van der Waals surface area contributed by atoms with Crippen LogP contribution in [0.15, 0.2) is 16.8 Å². The molecule has 1 aliphatic rings. The maximum absolute atomic E-state index is 10.9. The van der Waals surface area contributed by atoms with Crippen molar-refractivity contribution in [2.45, 2.75) is 12.5 Å². The smallest absolute Gasteiger partial charge is 0.300 e. The van der Waals surface area contributed by atoms with Crippen LogP contribution in [0.5, 0.6) is 0 Å². The Kier molecular flexibility index (Phi) is 2.37. The Morgan fingerprint density at radius 3 is 2.89 bits per heavy atom. The van der Waals surface area contributed by atoms with Gasteiger partial charge in [0.05, 0.1) is 10.6 Å². The van der Waals surface area contributed by atoms with E-state index in [4.69, 9.17) is 5.73 Å². The first-order valence-corrected chi connectivity index (χ1v) is 5.57. The molecule has 0 aliphatic carbocycles. The van der Waals surface area contributed by atoms with Crippen molar-refractivity contribution in [1.82, 2.24) is 10.3 Å². The number of nitro benzene ring substituents is 1. The SMILES string of the molecule is NC1CCN(c2ccc([N+](=O)[O-])c3nonc23)C1. The third-order valence-electron chi connectivity index (χ3n) is 3.13. The van der Waals surface area contributed by atoms with E-state index in [0.717, 1.165) is 18.7 Å². The van der Waals surface area contributed by atoms with E-state index in [1.165, 1.54) is 6.07 Å². The number of non-ortho nitro benzene ring substituents is 1. The standard InChI is InChI=1S/C10H11N5O3/c11-6-3-4-14(5-6)7-1-2-8(15(16)17)10-9(7)12-18-13-10/h1-2,6H,3-5,11H2. The van der Waals surface area contributed by atoms with E-state index in [-0.39, 0.29) is 17.2 Å². The second-order valence-corrected chi connectivity index (χ2v) is 4.32.